The fourth-order valence-corrected chi connectivity index (χ4v) is 2.77. The Morgan fingerprint density at radius 2 is 2.20 bits per heavy atom. The molecule has 1 amide bonds. The highest BCUT2D eigenvalue weighted by Gasteiger charge is 2.34. The Hall–Kier alpha value is -1.39. The van der Waals surface area contributed by atoms with Crippen molar-refractivity contribution in [2.75, 3.05) is 26.8 Å². The van der Waals surface area contributed by atoms with E-state index < -0.39 is 0 Å². The third-order valence-corrected chi connectivity index (χ3v) is 4.05. The summed E-state index contributed by atoms with van der Waals surface area (Å²) in [5, 5.41) is 6.53. The van der Waals surface area contributed by atoms with Crippen molar-refractivity contribution in [3.8, 4) is 0 Å². The molecule has 0 bridgehead atoms. The van der Waals surface area contributed by atoms with Crippen molar-refractivity contribution in [2.24, 2.45) is 0 Å². The van der Waals surface area contributed by atoms with E-state index in [2.05, 4.69) is 10.6 Å². The van der Waals surface area contributed by atoms with Crippen LogP contribution in [0.1, 0.15) is 31.2 Å². The van der Waals surface area contributed by atoms with Crippen LogP contribution in [-0.4, -0.2) is 38.3 Å². The summed E-state index contributed by atoms with van der Waals surface area (Å²) in [5.74, 6) is -0.0578. The lowest BCUT2D eigenvalue weighted by Crippen LogP contribution is -2.53. The van der Waals surface area contributed by atoms with Gasteiger partial charge in [0, 0.05) is 13.7 Å². The van der Waals surface area contributed by atoms with Crippen LogP contribution in [0.3, 0.4) is 0 Å². The molecule has 1 aliphatic rings. The van der Waals surface area contributed by atoms with Gasteiger partial charge in [-0.3, -0.25) is 4.79 Å². The predicted octanol–water partition coefficient (Wildman–Crippen LogP) is 1.67. The number of hydrogen-bond donors (Lipinski definition) is 2. The molecule has 1 aromatic carbocycles. The average Bonchev–Trinajstić information content (AvgIpc) is 2.94. The topological polar surface area (TPSA) is 50.4 Å². The molecule has 0 aliphatic carbocycles. The van der Waals surface area contributed by atoms with E-state index >= 15 is 0 Å². The number of ether oxygens (including phenoxy) is 1. The first-order valence-corrected chi connectivity index (χ1v) is 7.23. The third kappa shape index (κ3) is 3.58. The van der Waals surface area contributed by atoms with Gasteiger partial charge in [0.15, 0.2) is 0 Å². The highest BCUT2D eigenvalue weighted by atomic mass is 16.5. The van der Waals surface area contributed by atoms with Gasteiger partial charge in [0.25, 0.3) is 0 Å². The third-order valence-electron chi connectivity index (χ3n) is 4.05. The molecule has 2 unspecified atom stereocenters. The zero-order chi connectivity index (χ0) is 14.4. The van der Waals surface area contributed by atoms with E-state index in [0.717, 1.165) is 24.9 Å². The number of methoxy groups -OCH3 is 1. The Morgan fingerprint density at radius 3 is 2.80 bits per heavy atom. The van der Waals surface area contributed by atoms with Crippen LogP contribution in [0.4, 0.5) is 0 Å². The number of rotatable bonds is 6. The molecule has 1 aliphatic heterocycles. The summed E-state index contributed by atoms with van der Waals surface area (Å²) in [6.45, 7) is 4.19. The molecule has 1 aromatic rings. The predicted molar refractivity (Wildman–Crippen MR) is 79.7 cm³/mol. The zero-order valence-corrected chi connectivity index (χ0v) is 12.3. The van der Waals surface area contributed by atoms with Crippen LogP contribution in [-0.2, 0) is 9.53 Å². The van der Waals surface area contributed by atoms with E-state index in [1.54, 1.807) is 7.11 Å². The molecule has 0 saturated carbocycles. The van der Waals surface area contributed by atoms with Crippen molar-refractivity contribution in [1.29, 1.82) is 0 Å². The highest BCUT2D eigenvalue weighted by molar-refractivity contribution is 5.83. The largest absolute Gasteiger partial charge is 0.383 e. The Morgan fingerprint density at radius 1 is 1.45 bits per heavy atom. The highest BCUT2D eigenvalue weighted by Crippen LogP contribution is 2.20. The van der Waals surface area contributed by atoms with E-state index in [1.165, 1.54) is 0 Å². The standard InChI is InChI=1S/C16H24N2O2/c1-13(14-7-4-3-5-8-14)15(19)17-11-16(12-20-2)9-6-10-18-16/h3-5,7-8,13,18H,6,9-12H2,1-2H3,(H,17,19). The molecule has 110 valence electrons. The van der Waals surface area contributed by atoms with Crippen molar-refractivity contribution >= 4 is 5.91 Å². The monoisotopic (exact) mass is 276 g/mol. The number of carbonyl (C=O) groups is 1. The molecule has 0 radical (unpaired) electrons. The molecule has 0 spiro atoms. The zero-order valence-electron chi connectivity index (χ0n) is 12.3. The van der Waals surface area contributed by atoms with Gasteiger partial charge in [-0.15, -0.1) is 0 Å². The summed E-state index contributed by atoms with van der Waals surface area (Å²) in [4.78, 5) is 12.3. The van der Waals surface area contributed by atoms with E-state index in [9.17, 15) is 4.79 Å². The van der Waals surface area contributed by atoms with Crippen molar-refractivity contribution in [3.63, 3.8) is 0 Å². The van der Waals surface area contributed by atoms with Crippen LogP contribution in [0.2, 0.25) is 0 Å². The van der Waals surface area contributed by atoms with Crippen LogP contribution in [0.25, 0.3) is 0 Å². The number of carbonyl (C=O) groups excluding carboxylic acids is 1. The molecule has 2 atom stereocenters. The molecule has 4 nitrogen and oxygen atoms in total. The van der Waals surface area contributed by atoms with Crippen LogP contribution in [0.15, 0.2) is 30.3 Å². The summed E-state index contributed by atoms with van der Waals surface area (Å²) in [6, 6.07) is 9.87. The second-order valence-electron chi connectivity index (χ2n) is 5.59. The van der Waals surface area contributed by atoms with Gasteiger partial charge in [0.2, 0.25) is 5.91 Å². The van der Waals surface area contributed by atoms with Crippen molar-refractivity contribution in [1.82, 2.24) is 10.6 Å². The maximum absolute atomic E-state index is 12.3. The van der Waals surface area contributed by atoms with Gasteiger partial charge in [-0.2, -0.15) is 0 Å². The van der Waals surface area contributed by atoms with E-state index in [1.807, 2.05) is 37.3 Å². The minimum absolute atomic E-state index is 0.0698. The van der Waals surface area contributed by atoms with Gasteiger partial charge in [-0.25, -0.2) is 0 Å². The van der Waals surface area contributed by atoms with Crippen LogP contribution in [0.5, 0.6) is 0 Å². The Kier molecular flexibility index (Phi) is 5.15. The van der Waals surface area contributed by atoms with Gasteiger partial charge in [0.1, 0.15) is 0 Å². The van der Waals surface area contributed by atoms with Gasteiger partial charge < -0.3 is 15.4 Å². The minimum atomic E-state index is -0.128. The molecule has 2 rings (SSSR count). The summed E-state index contributed by atoms with van der Waals surface area (Å²) in [5.41, 5.74) is 0.950. The molecule has 1 saturated heterocycles. The molecule has 0 aromatic heterocycles. The van der Waals surface area contributed by atoms with Gasteiger partial charge in [-0.1, -0.05) is 30.3 Å². The minimum Gasteiger partial charge on any atom is -0.383 e. The SMILES string of the molecule is COCC1(CNC(=O)C(C)c2ccccc2)CCCN1. The molecule has 4 heteroatoms. The van der Waals surface area contributed by atoms with Crippen molar-refractivity contribution in [3.05, 3.63) is 35.9 Å². The number of nitrogens with one attached hydrogen (secondary N) is 2. The van der Waals surface area contributed by atoms with Crippen LogP contribution >= 0.6 is 0 Å². The van der Waals surface area contributed by atoms with E-state index in [-0.39, 0.29) is 17.4 Å². The van der Waals surface area contributed by atoms with Crippen molar-refractivity contribution < 1.29 is 9.53 Å². The Bertz CT molecular complexity index is 427. The second kappa shape index (κ2) is 6.86. The average molecular weight is 276 g/mol. The van der Waals surface area contributed by atoms with Gasteiger partial charge in [-0.05, 0) is 31.9 Å². The van der Waals surface area contributed by atoms with E-state index in [0.29, 0.717) is 13.2 Å². The fourth-order valence-electron chi connectivity index (χ4n) is 2.77. The lowest BCUT2D eigenvalue weighted by Gasteiger charge is -2.29. The summed E-state index contributed by atoms with van der Waals surface area (Å²) >= 11 is 0. The number of hydrogen-bond acceptors (Lipinski definition) is 3. The van der Waals surface area contributed by atoms with Crippen LogP contribution < -0.4 is 10.6 Å². The lowest BCUT2D eigenvalue weighted by atomic mass is 9.97. The second-order valence-corrected chi connectivity index (χ2v) is 5.59. The molecule has 1 fully saturated rings. The normalized spacial score (nSPS) is 23.5. The smallest absolute Gasteiger partial charge is 0.227 e. The van der Waals surface area contributed by atoms with E-state index in [4.69, 9.17) is 4.74 Å². The first-order chi connectivity index (χ1) is 9.67. The molecule has 1 heterocycles. The first kappa shape index (κ1) is 15.0. The summed E-state index contributed by atoms with van der Waals surface area (Å²) in [7, 11) is 1.70. The summed E-state index contributed by atoms with van der Waals surface area (Å²) in [6.07, 6.45) is 2.17. The fraction of sp³-hybridized carbons (Fsp3) is 0.562. The maximum Gasteiger partial charge on any atom is 0.227 e. The van der Waals surface area contributed by atoms with Crippen molar-refractivity contribution in [2.45, 2.75) is 31.2 Å². The Labute approximate surface area is 120 Å². The molecule has 2 N–H and O–H groups in total. The van der Waals surface area contributed by atoms with Gasteiger partial charge in [0.05, 0.1) is 18.1 Å². The Balaban J connectivity index is 1.91. The first-order valence-electron chi connectivity index (χ1n) is 7.23. The maximum atomic E-state index is 12.3. The quantitative estimate of drug-likeness (QED) is 0.831. The lowest BCUT2D eigenvalue weighted by molar-refractivity contribution is -0.122. The number of amides is 1. The molecule has 20 heavy (non-hydrogen) atoms. The molecular weight excluding hydrogens is 252 g/mol. The summed E-state index contributed by atoms with van der Waals surface area (Å²) < 4.78 is 5.29. The number of benzene rings is 1. The molecular formula is C16H24N2O2. The van der Waals surface area contributed by atoms with Crippen LogP contribution in [0, 0.1) is 0 Å². The van der Waals surface area contributed by atoms with Gasteiger partial charge >= 0.3 is 0 Å².